The number of likely N-dealkylation sites (N-methyl/N-ethyl adjacent to an activating group) is 1. The highest BCUT2D eigenvalue weighted by Gasteiger charge is 2.28. The number of nitrogens with one attached hydrogen (secondary N) is 1. The molecule has 1 amide bonds. The Balaban J connectivity index is 1.51. The number of aryl methyl sites for hydroxylation is 2. The molecule has 0 atom stereocenters. The van der Waals surface area contributed by atoms with Gasteiger partial charge in [0.25, 0.3) is 5.91 Å². The quantitative estimate of drug-likeness (QED) is 0.616. The summed E-state index contributed by atoms with van der Waals surface area (Å²) in [7, 11) is -1.67. The molecule has 7 nitrogen and oxygen atoms in total. The minimum atomic E-state index is -3.64. The molecule has 0 spiro atoms. The lowest BCUT2D eigenvalue weighted by atomic mass is 10.0. The van der Waals surface area contributed by atoms with Gasteiger partial charge in [0, 0.05) is 42.7 Å². The highest BCUT2D eigenvalue weighted by atomic mass is 32.2. The van der Waals surface area contributed by atoms with Crippen LogP contribution < -0.4 is 5.32 Å². The number of hydrogen-bond acceptors (Lipinski definition) is 6. The predicted octanol–water partition coefficient (Wildman–Crippen LogP) is 3.62. The lowest BCUT2D eigenvalue weighted by Crippen LogP contribution is -2.47. The van der Waals surface area contributed by atoms with Crippen LogP contribution in [0.3, 0.4) is 0 Å². The van der Waals surface area contributed by atoms with E-state index >= 15 is 0 Å². The van der Waals surface area contributed by atoms with Gasteiger partial charge in [-0.2, -0.15) is 4.31 Å². The Labute approximate surface area is 192 Å². The molecule has 32 heavy (non-hydrogen) atoms. The SMILES string of the molecule is Cc1ccc(C)c(-c2csc(NC(=O)c3cccc(S(=O)(=O)N4CCN(C)CC4)c3)n2)c1. The summed E-state index contributed by atoms with van der Waals surface area (Å²) in [4.78, 5) is 19.6. The molecule has 1 fully saturated rings. The summed E-state index contributed by atoms with van der Waals surface area (Å²) in [6, 6.07) is 12.3. The van der Waals surface area contributed by atoms with Crippen LogP contribution in [0.2, 0.25) is 0 Å². The minimum Gasteiger partial charge on any atom is -0.304 e. The molecule has 1 aliphatic rings. The zero-order valence-electron chi connectivity index (χ0n) is 18.3. The van der Waals surface area contributed by atoms with Crippen molar-refractivity contribution in [3.63, 3.8) is 0 Å². The van der Waals surface area contributed by atoms with Gasteiger partial charge in [-0.3, -0.25) is 10.1 Å². The van der Waals surface area contributed by atoms with E-state index in [1.54, 1.807) is 12.1 Å². The van der Waals surface area contributed by atoms with E-state index in [0.29, 0.717) is 31.3 Å². The monoisotopic (exact) mass is 470 g/mol. The first kappa shape index (κ1) is 22.6. The highest BCUT2D eigenvalue weighted by molar-refractivity contribution is 7.89. The van der Waals surface area contributed by atoms with Crippen molar-refractivity contribution in [2.45, 2.75) is 18.7 Å². The number of nitrogens with zero attached hydrogens (tertiary/aromatic N) is 3. The van der Waals surface area contributed by atoms with E-state index in [1.165, 1.54) is 27.8 Å². The van der Waals surface area contributed by atoms with Crippen molar-refractivity contribution in [1.29, 1.82) is 0 Å². The Morgan fingerprint density at radius 1 is 1.06 bits per heavy atom. The number of rotatable bonds is 5. The molecule has 1 aliphatic heterocycles. The number of hydrogen-bond donors (Lipinski definition) is 1. The van der Waals surface area contributed by atoms with E-state index in [1.807, 2.05) is 26.3 Å². The molecule has 9 heteroatoms. The molecule has 1 aromatic heterocycles. The first-order valence-corrected chi connectivity index (χ1v) is 12.7. The number of benzene rings is 2. The fourth-order valence-electron chi connectivity index (χ4n) is 3.61. The van der Waals surface area contributed by atoms with Gasteiger partial charge in [0.05, 0.1) is 10.6 Å². The van der Waals surface area contributed by atoms with Crippen molar-refractivity contribution in [3.05, 3.63) is 64.5 Å². The maximum Gasteiger partial charge on any atom is 0.257 e. The number of piperazine rings is 1. The Bertz CT molecular complexity index is 1250. The Kier molecular flexibility index (Phi) is 6.43. The van der Waals surface area contributed by atoms with Gasteiger partial charge in [-0.05, 0) is 50.7 Å². The summed E-state index contributed by atoms with van der Waals surface area (Å²) in [5.74, 6) is -0.387. The van der Waals surface area contributed by atoms with Crippen LogP contribution in [0, 0.1) is 13.8 Å². The molecule has 1 saturated heterocycles. The highest BCUT2D eigenvalue weighted by Crippen LogP contribution is 2.28. The van der Waals surface area contributed by atoms with E-state index < -0.39 is 10.0 Å². The summed E-state index contributed by atoms with van der Waals surface area (Å²) in [6.45, 7) is 6.31. The van der Waals surface area contributed by atoms with Crippen LogP contribution in [0.5, 0.6) is 0 Å². The lowest BCUT2D eigenvalue weighted by Gasteiger charge is -2.31. The summed E-state index contributed by atoms with van der Waals surface area (Å²) in [5.41, 5.74) is 4.37. The van der Waals surface area contributed by atoms with Crippen molar-refractivity contribution < 1.29 is 13.2 Å². The number of sulfonamides is 1. The summed E-state index contributed by atoms with van der Waals surface area (Å²) in [6.07, 6.45) is 0. The second-order valence-corrected chi connectivity index (χ2v) is 10.8. The molecule has 168 valence electrons. The van der Waals surface area contributed by atoms with Crippen LogP contribution in [-0.2, 0) is 10.0 Å². The van der Waals surface area contributed by atoms with E-state index in [9.17, 15) is 13.2 Å². The van der Waals surface area contributed by atoms with Gasteiger partial charge in [-0.15, -0.1) is 11.3 Å². The van der Waals surface area contributed by atoms with Gasteiger partial charge < -0.3 is 4.90 Å². The maximum absolute atomic E-state index is 13.0. The smallest absolute Gasteiger partial charge is 0.257 e. The Hall–Kier alpha value is -2.59. The van der Waals surface area contributed by atoms with Crippen LogP contribution in [0.4, 0.5) is 5.13 Å². The molecule has 2 aromatic carbocycles. The fourth-order valence-corrected chi connectivity index (χ4v) is 5.79. The van der Waals surface area contributed by atoms with Crippen molar-refractivity contribution in [2.24, 2.45) is 0 Å². The van der Waals surface area contributed by atoms with E-state index in [4.69, 9.17) is 0 Å². The first-order chi connectivity index (χ1) is 15.2. The van der Waals surface area contributed by atoms with Gasteiger partial charge in [0.1, 0.15) is 0 Å². The largest absolute Gasteiger partial charge is 0.304 e. The summed E-state index contributed by atoms with van der Waals surface area (Å²) >= 11 is 1.34. The number of aromatic nitrogens is 1. The van der Waals surface area contributed by atoms with Gasteiger partial charge in [-0.25, -0.2) is 13.4 Å². The molecule has 0 saturated carbocycles. The molecular formula is C23H26N4O3S2. The molecule has 3 aromatic rings. The minimum absolute atomic E-state index is 0.130. The first-order valence-electron chi connectivity index (χ1n) is 10.4. The van der Waals surface area contributed by atoms with Crippen molar-refractivity contribution in [2.75, 3.05) is 38.5 Å². The van der Waals surface area contributed by atoms with Crippen LogP contribution >= 0.6 is 11.3 Å². The van der Waals surface area contributed by atoms with Crippen LogP contribution in [0.25, 0.3) is 11.3 Å². The second-order valence-electron chi connectivity index (χ2n) is 8.05. The molecule has 0 radical (unpaired) electrons. The maximum atomic E-state index is 13.0. The number of carbonyl (C=O) groups excluding carboxylic acids is 1. The summed E-state index contributed by atoms with van der Waals surface area (Å²) in [5, 5.41) is 5.18. The van der Waals surface area contributed by atoms with Gasteiger partial charge in [-0.1, -0.05) is 23.8 Å². The van der Waals surface area contributed by atoms with Gasteiger partial charge in [0.2, 0.25) is 10.0 Å². The molecule has 4 rings (SSSR count). The molecule has 0 aliphatic carbocycles. The van der Waals surface area contributed by atoms with Crippen LogP contribution in [0.1, 0.15) is 21.5 Å². The summed E-state index contributed by atoms with van der Waals surface area (Å²) < 4.78 is 27.5. The number of anilines is 1. The Morgan fingerprint density at radius 3 is 2.56 bits per heavy atom. The normalized spacial score (nSPS) is 15.6. The average molecular weight is 471 g/mol. The topological polar surface area (TPSA) is 82.6 Å². The number of thiazole rings is 1. The third kappa shape index (κ3) is 4.75. The molecule has 1 N–H and O–H groups in total. The molecule has 0 unspecified atom stereocenters. The van der Waals surface area contributed by atoms with E-state index in [-0.39, 0.29) is 16.4 Å². The standard InChI is InChI=1S/C23H26N4O3S2/c1-16-7-8-17(2)20(13-16)21-15-31-23(24-21)25-22(28)18-5-4-6-19(14-18)32(29,30)27-11-9-26(3)10-12-27/h4-8,13-15H,9-12H2,1-3H3,(H,24,25,28). The molecule has 2 heterocycles. The van der Waals surface area contributed by atoms with Crippen molar-refractivity contribution >= 4 is 32.4 Å². The van der Waals surface area contributed by atoms with Gasteiger partial charge >= 0.3 is 0 Å². The third-order valence-electron chi connectivity index (χ3n) is 5.59. The van der Waals surface area contributed by atoms with Crippen molar-refractivity contribution in [1.82, 2.24) is 14.2 Å². The lowest BCUT2D eigenvalue weighted by molar-refractivity contribution is 0.102. The van der Waals surface area contributed by atoms with E-state index in [2.05, 4.69) is 33.4 Å². The molecular weight excluding hydrogens is 444 g/mol. The van der Waals surface area contributed by atoms with Gasteiger partial charge in [0.15, 0.2) is 5.13 Å². The second kappa shape index (κ2) is 9.11. The number of carbonyl (C=O) groups is 1. The average Bonchev–Trinajstić information content (AvgIpc) is 3.24. The number of amides is 1. The van der Waals surface area contributed by atoms with E-state index in [0.717, 1.165) is 22.4 Å². The third-order valence-corrected chi connectivity index (χ3v) is 8.24. The van der Waals surface area contributed by atoms with Crippen molar-refractivity contribution in [3.8, 4) is 11.3 Å². The van der Waals surface area contributed by atoms with Crippen LogP contribution in [0.15, 0.2) is 52.7 Å². The predicted molar refractivity (Wildman–Crippen MR) is 128 cm³/mol. The molecule has 0 bridgehead atoms. The Morgan fingerprint density at radius 2 is 1.81 bits per heavy atom. The zero-order chi connectivity index (χ0) is 22.9. The van der Waals surface area contributed by atoms with Crippen LogP contribution in [-0.4, -0.2) is 61.7 Å². The zero-order valence-corrected chi connectivity index (χ0v) is 20.0. The fraction of sp³-hybridized carbons (Fsp3) is 0.304.